The Balaban J connectivity index is 1.37. The van der Waals surface area contributed by atoms with E-state index in [2.05, 4.69) is 18.7 Å². The van der Waals surface area contributed by atoms with E-state index >= 15 is 0 Å². The molecule has 4 aromatic carbocycles. The van der Waals surface area contributed by atoms with E-state index in [1.54, 1.807) is 12.1 Å². The molecule has 40 heavy (non-hydrogen) atoms. The van der Waals surface area contributed by atoms with Gasteiger partial charge in [-0.1, -0.05) is 50.2 Å². The number of nitrogens with zero attached hydrogens (tertiary/aromatic N) is 3. The van der Waals surface area contributed by atoms with Gasteiger partial charge in [0.1, 0.15) is 17.3 Å². The van der Waals surface area contributed by atoms with Gasteiger partial charge >= 0.3 is 0 Å². The highest BCUT2D eigenvalue weighted by Crippen LogP contribution is 2.30. The molecule has 0 spiro atoms. The van der Waals surface area contributed by atoms with Gasteiger partial charge in [0, 0.05) is 43.0 Å². The monoisotopic (exact) mass is 535 g/mol. The molecule has 5 nitrogen and oxygen atoms in total. The summed E-state index contributed by atoms with van der Waals surface area (Å²) in [7, 11) is 0. The van der Waals surface area contributed by atoms with Gasteiger partial charge in [-0.2, -0.15) is 0 Å². The van der Waals surface area contributed by atoms with Gasteiger partial charge in [0.2, 0.25) is 0 Å². The summed E-state index contributed by atoms with van der Waals surface area (Å²) in [6.45, 7) is 8.84. The molecule has 1 aliphatic rings. The van der Waals surface area contributed by atoms with Gasteiger partial charge < -0.3 is 14.5 Å². The Morgan fingerprint density at radius 3 is 2.23 bits per heavy atom. The van der Waals surface area contributed by atoms with Gasteiger partial charge in [-0.3, -0.25) is 9.79 Å². The minimum Gasteiger partial charge on any atom is -0.457 e. The molecule has 5 rings (SSSR count). The van der Waals surface area contributed by atoms with E-state index in [4.69, 9.17) is 9.73 Å². The van der Waals surface area contributed by atoms with Crippen molar-refractivity contribution in [2.75, 3.05) is 31.1 Å². The summed E-state index contributed by atoms with van der Waals surface area (Å²) in [6, 6.07) is 29.9. The third-order valence-corrected chi connectivity index (χ3v) is 7.14. The highest BCUT2D eigenvalue weighted by atomic mass is 19.1. The van der Waals surface area contributed by atoms with Crippen molar-refractivity contribution in [2.24, 2.45) is 10.9 Å². The number of piperazine rings is 1. The Morgan fingerprint density at radius 2 is 1.52 bits per heavy atom. The number of aryl methyl sites for hydroxylation is 1. The molecule has 6 heteroatoms. The van der Waals surface area contributed by atoms with Gasteiger partial charge in [0.05, 0.1) is 11.4 Å². The van der Waals surface area contributed by atoms with Crippen LogP contribution in [-0.4, -0.2) is 42.7 Å². The number of halogens is 1. The fraction of sp³-hybridized carbons (Fsp3) is 0.235. The molecule has 1 aliphatic heterocycles. The highest BCUT2D eigenvalue weighted by Gasteiger charge is 2.23. The Morgan fingerprint density at radius 1 is 0.850 bits per heavy atom. The van der Waals surface area contributed by atoms with Crippen molar-refractivity contribution in [1.82, 2.24) is 4.90 Å². The predicted octanol–water partition coefficient (Wildman–Crippen LogP) is 7.67. The van der Waals surface area contributed by atoms with Crippen LogP contribution < -0.4 is 9.64 Å². The van der Waals surface area contributed by atoms with Gasteiger partial charge in [0.15, 0.2) is 0 Å². The van der Waals surface area contributed by atoms with Crippen LogP contribution in [0, 0.1) is 18.7 Å². The van der Waals surface area contributed by atoms with Crippen molar-refractivity contribution in [3.05, 3.63) is 120 Å². The number of carbonyl (C=O) groups excluding carboxylic acids is 1. The summed E-state index contributed by atoms with van der Waals surface area (Å²) in [5.41, 5.74) is 5.18. The van der Waals surface area contributed by atoms with Crippen LogP contribution in [0.1, 0.15) is 35.3 Å². The smallest absolute Gasteiger partial charge is 0.254 e. The maximum atomic E-state index is 13.5. The zero-order chi connectivity index (χ0) is 28.1. The average molecular weight is 536 g/mol. The summed E-state index contributed by atoms with van der Waals surface area (Å²) in [5, 5.41) is 0. The minimum absolute atomic E-state index is 0.00545. The van der Waals surface area contributed by atoms with E-state index in [-0.39, 0.29) is 17.6 Å². The first-order valence-electron chi connectivity index (χ1n) is 13.7. The summed E-state index contributed by atoms with van der Waals surface area (Å²) >= 11 is 0. The summed E-state index contributed by atoms with van der Waals surface area (Å²) in [6.07, 6.45) is 0. The fourth-order valence-corrected chi connectivity index (χ4v) is 4.88. The third-order valence-electron chi connectivity index (χ3n) is 7.14. The van der Waals surface area contributed by atoms with E-state index in [9.17, 15) is 9.18 Å². The lowest BCUT2D eigenvalue weighted by Crippen LogP contribution is -2.48. The second-order valence-corrected chi connectivity index (χ2v) is 10.3. The Hall–Kier alpha value is -4.45. The first kappa shape index (κ1) is 27.1. The van der Waals surface area contributed by atoms with Crippen molar-refractivity contribution in [1.29, 1.82) is 0 Å². The van der Waals surface area contributed by atoms with Crippen molar-refractivity contribution >= 4 is 23.0 Å². The molecule has 0 N–H and O–H groups in total. The number of hydrogen-bond donors (Lipinski definition) is 0. The number of carbonyl (C=O) groups is 1. The van der Waals surface area contributed by atoms with Crippen LogP contribution >= 0.6 is 0 Å². The third kappa shape index (κ3) is 6.23. The number of rotatable bonds is 7. The van der Waals surface area contributed by atoms with Crippen LogP contribution in [0.2, 0.25) is 0 Å². The van der Waals surface area contributed by atoms with Crippen LogP contribution in [0.15, 0.2) is 102 Å². The molecule has 0 atom stereocenters. The number of para-hydroxylation sites is 2. The quantitative estimate of drug-likeness (QED) is 0.228. The molecular weight excluding hydrogens is 501 g/mol. The molecule has 0 saturated carbocycles. The normalized spacial score (nSPS) is 14.0. The maximum Gasteiger partial charge on any atom is 0.254 e. The summed E-state index contributed by atoms with van der Waals surface area (Å²) < 4.78 is 19.5. The van der Waals surface area contributed by atoms with Crippen molar-refractivity contribution in [2.45, 2.75) is 20.8 Å². The molecule has 1 saturated heterocycles. The van der Waals surface area contributed by atoms with Crippen LogP contribution in [0.3, 0.4) is 0 Å². The van der Waals surface area contributed by atoms with Crippen LogP contribution in [0.4, 0.5) is 15.8 Å². The van der Waals surface area contributed by atoms with Crippen LogP contribution in [-0.2, 0) is 0 Å². The Kier molecular flexibility index (Phi) is 8.25. The predicted molar refractivity (Wildman–Crippen MR) is 160 cm³/mol. The second-order valence-electron chi connectivity index (χ2n) is 10.3. The molecule has 0 aliphatic carbocycles. The Labute approximate surface area is 235 Å². The van der Waals surface area contributed by atoms with E-state index in [0.717, 1.165) is 39.7 Å². The molecular formula is C34H34FN3O2. The average Bonchev–Trinajstić information content (AvgIpc) is 2.98. The van der Waals surface area contributed by atoms with E-state index < -0.39 is 0 Å². The van der Waals surface area contributed by atoms with Crippen molar-refractivity contribution in [3.63, 3.8) is 0 Å². The van der Waals surface area contributed by atoms with E-state index in [1.807, 2.05) is 84.6 Å². The lowest BCUT2D eigenvalue weighted by Gasteiger charge is -2.36. The van der Waals surface area contributed by atoms with Crippen LogP contribution in [0.25, 0.3) is 0 Å². The standard InChI is InChI=1S/C34H34FN3O2/c1-24(2)33(30-11-7-8-12-32(30)40-29-9-5-4-6-10-29)36-31-23-26(14-13-25(31)3)34(39)38-21-19-37(20-22-38)28-17-15-27(35)16-18-28/h4-18,23-24H,19-22H2,1-3H3. The number of aliphatic imine (C=N–C) groups is 1. The first-order valence-corrected chi connectivity index (χ1v) is 13.7. The number of ether oxygens (including phenoxy) is 1. The number of anilines is 1. The van der Waals surface area contributed by atoms with Gasteiger partial charge in [0.25, 0.3) is 5.91 Å². The van der Waals surface area contributed by atoms with Gasteiger partial charge in [-0.15, -0.1) is 0 Å². The zero-order valence-electron chi connectivity index (χ0n) is 23.2. The highest BCUT2D eigenvalue weighted by molar-refractivity contribution is 6.06. The molecule has 0 radical (unpaired) electrons. The topological polar surface area (TPSA) is 45.1 Å². The van der Waals surface area contributed by atoms with E-state index in [1.165, 1.54) is 12.1 Å². The second kappa shape index (κ2) is 12.2. The zero-order valence-corrected chi connectivity index (χ0v) is 23.2. The summed E-state index contributed by atoms with van der Waals surface area (Å²) in [5.74, 6) is 1.38. The first-order chi connectivity index (χ1) is 19.4. The lowest BCUT2D eigenvalue weighted by molar-refractivity contribution is 0.0747. The molecule has 0 aromatic heterocycles. The molecule has 4 aromatic rings. The summed E-state index contributed by atoms with van der Waals surface area (Å²) in [4.78, 5) is 22.6. The van der Waals surface area contributed by atoms with E-state index in [0.29, 0.717) is 31.7 Å². The Bertz CT molecular complexity index is 1490. The molecule has 0 bridgehead atoms. The minimum atomic E-state index is -0.247. The number of benzene rings is 4. The largest absolute Gasteiger partial charge is 0.457 e. The molecule has 204 valence electrons. The SMILES string of the molecule is Cc1ccc(C(=O)N2CCN(c3ccc(F)cc3)CC2)cc1N=C(c1ccccc1Oc1ccccc1)C(C)C. The molecule has 1 fully saturated rings. The number of hydrogen-bond acceptors (Lipinski definition) is 4. The van der Waals surface area contributed by atoms with Gasteiger partial charge in [-0.25, -0.2) is 4.39 Å². The molecule has 1 heterocycles. The lowest BCUT2D eigenvalue weighted by atomic mass is 9.98. The number of amides is 1. The van der Waals surface area contributed by atoms with Crippen molar-refractivity contribution < 1.29 is 13.9 Å². The molecule has 1 amide bonds. The van der Waals surface area contributed by atoms with Gasteiger partial charge in [-0.05, 0) is 79.1 Å². The van der Waals surface area contributed by atoms with Crippen LogP contribution in [0.5, 0.6) is 11.5 Å². The molecule has 0 unspecified atom stereocenters. The maximum absolute atomic E-state index is 13.5. The fourth-order valence-electron chi connectivity index (χ4n) is 4.88. The van der Waals surface area contributed by atoms with Crippen molar-refractivity contribution in [3.8, 4) is 11.5 Å².